The summed E-state index contributed by atoms with van der Waals surface area (Å²) >= 11 is 0. The van der Waals surface area contributed by atoms with E-state index < -0.39 is 0 Å². The summed E-state index contributed by atoms with van der Waals surface area (Å²) < 4.78 is 5.55. The van der Waals surface area contributed by atoms with Gasteiger partial charge in [-0.05, 0) is 43.6 Å². The number of rotatable bonds is 4. The lowest BCUT2D eigenvalue weighted by atomic mass is 10.1. The summed E-state index contributed by atoms with van der Waals surface area (Å²) in [5, 5.41) is 6.94. The molecule has 2 N–H and O–H groups in total. The second kappa shape index (κ2) is 5.08. The van der Waals surface area contributed by atoms with E-state index in [4.69, 9.17) is 4.42 Å². The van der Waals surface area contributed by atoms with E-state index in [1.165, 1.54) is 12.0 Å². The predicted molar refractivity (Wildman–Crippen MR) is 71.7 cm³/mol. The summed E-state index contributed by atoms with van der Waals surface area (Å²) in [6.45, 7) is 5.14. The van der Waals surface area contributed by atoms with Crippen LogP contribution < -0.4 is 10.6 Å². The smallest absolute Gasteiger partial charge is 0.192 e. The molecule has 1 aromatic carbocycles. The van der Waals surface area contributed by atoms with E-state index in [1.807, 2.05) is 13.0 Å². The topological polar surface area (TPSA) is 50.1 Å². The van der Waals surface area contributed by atoms with Gasteiger partial charge in [0.25, 0.3) is 0 Å². The van der Waals surface area contributed by atoms with E-state index in [-0.39, 0.29) is 0 Å². The molecule has 0 aliphatic carbocycles. The molecule has 1 aromatic heterocycles. The van der Waals surface area contributed by atoms with Crippen molar-refractivity contribution in [3.05, 3.63) is 29.7 Å². The van der Waals surface area contributed by atoms with Crippen LogP contribution in [0, 0.1) is 6.92 Å². The first-order valence-electron chi connectivity index (χ1n) is 6.61. The van der Waals surface area contributed by atoms with Crippen LogP contribution in [0.5, 0.6) is 0 Å². The van der Waals surface area contributed by atoms with E-state index in [9.17, 15) is 0 Å². The van der Waals surface area contributed by atoms with Crippen molar-refractivity contribution in [2.24, 2.45) is 0 Å². The highest BCUT2D eigenvalue weighted by molar-refractivity contribution is 5.73. The highest BCUT2D eigenvalue weighted by Crippen LogP contribution is 2.17. The molecular formula is C14H19N3O. The fourth-order valence-electron chi connectivity index (χ4n) is 2.49. The third kappa shape index (κ3) is 2.54. The zero-order valence-corrected chi connectivity index (χ0v) is 10.7. The maximum atomic E-state index is 5.55. The van der Waals surface area contributed by atoms with Crippen LogP contribution in [0.1, 0.15) is 17.9 Å². The first-order chi connectivity index (χ1) is 8.81. The number of aromatic nitrogens is 1. The van der Waals surface area contributed by atoms with Crippen LogP contribution in [-0.4, -0.2) is 30.7 Å². The van der Waals surface area contributed by atoms with E-state index in [0.29, 0.717) is 6.04 Å². The predicted octanol–water partition coefficient (Wildman–Crippen LogP) is 1.63. The summed E-state index contributed by atoms with van der Waals surface area (Å²) in [6, 6.07) is 6.92. The van der Waals surface area contributed by atoms with Gasteiger partial charge in [0.1, 0.15) is 5.52 Å². The Hall–Kier alpha value is -1.39. The Kier molecular flexibility index (Phi) is 3.30. The summed E-state index contributed by atoms with van der Waals surface area (Å²) in [6.07, 6.45) is 2.27. The SMILES string of the molecule is Cc1nc2ccc(CCNC3CCNC3)cc2o1. The molecule has 4 nitrogen and oxygen atoms in total. The van der Waals surface area contributed by atoms with E-state index in [1.54, 1.807) is 0 Å². The Labute approximate surface area is 107 Å². The molecule has 96 valence electrons. The molecule has 1 aliphatic heterocycles. The van der Waals surface area contributed by atoms with Crippen molar-refractivity contribution in [3.63, 3.8) is 0 Å². The van der Waals surface area contributed by atoms with Gasteiger partial charge in [0.05, 0.1) is 0 Å². The molecule has 1 fully saturated rings. The number of oxazole rings is 1. The van der Waals surface area contributed by atoms with Crippen molar-refractivity contribution in [3.8, 4) is 0 Å². The average molecular weight is 245 g/mol. The van der Waals surface area contributed by atoms with Crippen molar-refractivity contribution >= 4 is 11.1 Å². The zero-order chi connectivity index (χ0) is 12.4. The van der Waals surface area contributed by atoms with Gasteiger partial charge >= 0.3 is 0 Å². The number of nitrogens with one attached hydrogen (secondary N) is 2. The van der Waals surface area contributed by atoms with Gasteiger partial charge in [-0.25, -0.2) is 4.98 Å². The largest absolute Gasteiger partial charge is 0.441 e. The molecule has 0 bridgehead atoms. The van der Waals surface area contributed by atoms with Crippen LogP contribution in [0.2, 0.25) is 0 Å². The lowest BCUT2D eigenvalue weighted by molar-refractivity contribution is 0.549. The van der Waals surface area contributed by atoms with E-state index >= 15 is 0 Å². The van der Waals surface area contributed by atoms with Crippen LogP contribution in [0.4, 0.5) is 0 Å². The highest BCUT2D eigenvalue weighted by Gasteiger charge is 2.12. The highest BCUT2D eigenvalue weighted by atomic mass is 16.3. The molecule has 1 saturated heterocycles. The van der Waals surface area contributed by atoms with Gasteiger partial charge < -0.3 is 15.1 Å². The fraction of sp³-hybridized carbons (Fsp3) is 0.500. The Morgan fingerprint density at radius 2 is 2.44 bits per heavy atom. The molecule has 0 radical (unpaired) electrons. The Morgan fingerprint density at radius 1 is 1.50 bits per heavy atom. The van der Waals surface area contributed by atoms with Crippen molar-refractivity contribution in [2.45, 2.75) is 25.8 Å². The van der Waals surface area contributed by atoms with Gasteiger partial charge in [0, 0.05) is 19.5 Å². The van der Waals surface area contributed by atoms with Gasteiger partial charge in [0.2, 0.25) is 0 Å². The van der Waals surface area contributed by atoms with Crippen LogP contribution in [0.25, 0.3) is 11.1 Å². The second-order valence-corrected chi connectivity index (χ2v) is 4.93. The number of fused-ring (bicyclic) bond motifs is 1. The fourth-order valence-corrected chi connectivity index (χ4v) is 2.49. The lowest BCUT2D eigenvalue weighted by Crippen LogP contribution is -2.32. The van der Waals surface area contributed by atoms with Gasteiger partial charge in [-0.3, -0.25) is 0 Å². The number of nitrogens with zero attached hydrogens (tertiary/aromatic N) is 1. The Morgan fingerprint density at radius 3 is 3.28 bits per heavy atom. The standard InChI is InChI=1S/C14H19N3O/c1-10-17-13-3-2-11(8-14(13)18-10)4-7-16-12-5-6-15-9-12/h2-3,8,12,15-16H,4-7,9H2,1H3. The number of hydrogen-bond donors (Lipinski definition) is 2. The van der Waals surface area contributed by atoms with E-state index in [2.05, 4.69) is 27.8 Å². The monoisotopic (exact) mass is 245 g/mol. The van der Waals surface area contributed by atoms with Crippen molar-refractivity contribution < 1.29 is 4.42 Å². The van der Waals surface area contributed by atoms with Crippen molar-refractivity contribution in [1.82, 2.24) is 15.6 Å². The molecule has 2 heterocycles. The molecule has 1 aliphatic rings. The summed E-state index contributed by atoms with van der Waals surface area (Å²) in [5.74, 6) is 0.734. The van der Waals surface area contributed by atoms with E-state index in [0.717, 1.165) is 43.0 Å². The molecule has 2 aromatic rings. The molecule has 0 amide bonds. The average Bonchev–Trinajstić information content (AvgIpc) is 2.96. The second-order valence-electron chi connectivity index (χ2n) is 4.93. The van der Waals surface area contributed by atoms with Gasteiger partial charge in [-0.15, -0.1) is 0 Å². The van der Waals surface area contributed by atoms with Gasteiger partial charge in [0.15, 0.2) is 11.5 Å². The minimum Gasteiger partial charge on any atom is -0.441 e. The van der Waals surface area contributed by atoms with Crippen LogP contribution in [-0.2, 0) is 6.42 Å². The van der Waals surface area contributed by atoms with Crippen LogP contribution in [0.3, 0.4) is 0 Å². The quantitative estimate of drug-likeness (QED) is 0.859. The summed E-state index contributed by atoms with van der Waals surface area (Å²) in [4.78, 5) is 4.31. The summed E-state index contributed by atoms with van der Waals surface area (Å²) in [7, 11) is 0. The van der Waals surface area contributed by atoms with Gasteiger partial charge in [-0.2, -0.15) is 0 Å². The molecule has 3 rings (SSSR count). The Bertz CT molecular complexity index is 529. The molecule has 4 heteroatoms. The number of benzene rings is 1. The van der Waals surface area contributed by atoms with Gasteiger partial charge in [-0.1, -0.05) is 6.07 Å². The first kappa shape index (κ1) is 11.7. The molecule has 18 heavy (non-hydrogen) atoms. The maximum Gasteiger partial charge on any atom is 0.192 e. The minimum atomic E-state index is 0.640. The van der Waals surface area contributed by atoms with Crippen molar-refractivity contribution in [2.75, 3.05) is 19.6 Å². The molecule has 0 spiro atoms. The third-order valence-electron chi connectivity index (χ3n) is 3.47. The summed E-state index contributed by atoms with van der Waals surface area (Å²) in [5.41, 5.74) is 3.15. The van der Waals surface area contributed by atoms with Crippen LogP contribution >= 0.6 is 0 Å². The molecule has 1 atom stereocenters. The first-order valence-corrected chi connectivity index (χ1v) is 6.61. The lowest BCUT2D eigenvalue weighted by Gasteiger charge is -2.10. The zero-order valence-electron chi connectivity index (χ0n) is 10.7. The minimum absolute atomic E-state index is 0.640. The normalized spacial score (nSPS) is 19.7. The number of aryl methyl sites for hydroxylation is 1. The van der Waals surface area contributed by atoms with Crippen molar-refractivity contribution in [1.29, 1.82) is 0 Å². The molecular weight excluding hydrogens is 226 g/mol. The van der Waals surface area contributed by atoms with Crippen LogP contribution in [0.15, 0.2) is 22.6 Å². The number of hydrogen-bond acceptors (Lipinski definition) is 4. The third-order valence-corrected chi connectivity index (χ3v) is 3.47. The molecule has 1 unspecified atom stereocenters. The maximum absolute atomic E-state index is 5.55. The Balaban J connectivity index is 1.59. The molecule has 0 saturated carbocycles.